The number of carbonyl (C=O) groups excluding carboxylic acids is 2. The molecule has 3 N–H and O–H groups in total. The Morgan fingerprint density at radius 3 is 2.47 bits per heavy atom. The first kappa shape index (κ1) is 13.9. The van der Waals surface area contributed by atoms with Crippen molar-refractivity contribution >= 4 is 11.8 Å². The fourth-order valence-corrected chi connectivity index (χ4v) is 1.17. The molecule has 0 saturated carbocycles. The van der Waals surface area contributed by atoms with Crippen LogP contribution in [0.3, 0.4) is 0 Å². The van der Waals surface area contributed by atoms with Crippen LogP contribution >= 0.6 is 0 Å². The van der Waals surface area contributed by atoms with Gasteiger partial charge in [-0.2, -0.15) is 0 Å². The molecular formula is C10H21N3O2. The van der Waals surface area contributed by atoms with E-state index < -0.39 is 0 Å². The van der Waals surface area contributed by atoms with Gasteiger partial charge < -0.3 is 16.0 Å². The maximum absolute atomic E-state index is 11.5. The van der Waals surface area contributed by atoms with E-state index in [4.69, 9.17) is 5.73 Å². The first-order valence-electron chi connectivity index (χ1n) is 5.26. The van der Waals surface area contributed by atoms with Crippen molar-refractivity contribution in [3.8, 4) is 0 Å². The van der Waals surface area contributed by atoms with Crippen molar-refractivity contribution in [1.82, 2.24) is 10.2 Å². The van der Waals surface area contributed by atoms with Crippen LogP contribution in [-0.4, -0.2) is 43.9 Å². The second-order valence-corrected chi connectivity index (χ2v) is 3.52. The molecule has 0 unspecified atom stereocenters. The van der Waals surface area contributed by atoms with E-state index in [-0.39, 0.29) is 18.4 Å². The van der Waals surface area contributed by atoms with Crippen molar-refractivity contribution in [2.24, 2.45) is 5.73 Å². The van der Waals surface area contributed by atoms with Gasteiger partial charge >= 0.3 is 0 Å². The predicted molar refractivity (Wildman–Crippen MR) is 59.2 cm³/mol. The van der Waals surface area contributed by atoms with Gasteiger partial charge in [0.05, 0.1) is 6.54 Å². The molecule has 0 aliphatic heterocycles. The monoisotopic (exact) mass is 215 g/mol. The lowest BCUT2D eigenvalue weighted by Crippen LogP contribution is -2.36. The molecule has 0 atom stereocenters. The standard InChI is InChI=1S/C10H21N3O2/c1-12-9(14)8-13(2)10(15)6-4-3-5-7-11/h3-8,11H2,1-2H3,(H,12,14). The zero-order valence-corrected chi connectivity index (χ0v) is 9.58. The molecule has 0 aliphatic rings. The molecule has 88 valence electrons. The molecule has 5 heteroatoms. The molecule has 0 aromatic heterocycles. The number of carbonyl (C=O) groups is 2. The second kappa shape index (κ2) is 8.23. The van der Waals surface area contributed by atoms with Crippen LogP contribution in [-0.2, 0) is 9.59 Å². The number of rotatable bonds is 7. The second-order valence-electron chi connectivity index (χ2n) is 3.52. The Hall–Kier alpha value is -1.10. The highest BCUT2D eigenvalue weighted by Gasteiger charge is 2.10. The number of amides is 2. The third-order valence-corrected chi connectivity index (χ3v) is 2.18. The van der Waals surface area contributed by atoms with Crippen LogP contribution in [0.25, 0.3) is 0 Å². The molecule has 0 bridgehead atoms. The van der Waals surface area contributed by atoms with Crippen molar-refractivity contribution in [1.29, 1.82) is 0 Å². The quantitative estimate of drug-likeness (QED) is 0.573. The maximum atomic E-state index is 11.5. The highest BCUT2D eigenvalue weighted by Crippen LogP contribution is 2.01. The molecule has 0 fully saturated rings. The summed E-state index contributed by atoms with van der Waals surface area (Å²) in [6.07, 6.45) is 3.25. The number of nitrogens with one attached hydrogen (secondary N) is 1. The van der Waals surface area contributed by atoms with Gasteiger partial charge in [-0.15, -0.1) is 0 Å². The Morgan fingerprint density at radius 1 is 1.27 bits per heavy atom. The molecule has 0 rings (SSSR count). The third kappa shape index (κ3) is 6.90. The van der Waals surface area contributed by atoms with Crippen molar-refractivity contribution in [3.63, 3.8) is 0 Å². The van der Waals surface area contributed by atoms with Gasteiger partial charge in [0.1, 0.15) is 0 Å². The summed E-state index contributed by atoms with van der Waals surface area (Å²) in [5.74, 6) is -0.136. The van der Waals surface area contributed by atoms with Crippen LogP contribution in [0.2, 0.25) is 0 Å². The summed E-state index contributed by atoms with van der Waals surface area (Å²) < 4.78 is 0. The third-order valence-electron chi connectivity index (χ3n) is 2.18. The molecule has 0 aliphatic carbocycles. The van der Waals surface area contributed by atoms with Crippen LogP contribution in [0, 0.1) is 0 Å². The molecule has 2 amide bonds. The number of hydrogen-bond acceptors (Lipinski definition) is 3. The minimum absolute atomic E-state index is 0.00983. The van der Waals surface area contributed by atoms with Gasteiger partial charge in [0.2, 0.25) is 11.8 Å². The van der Waals surface area contributed by atoms with Crippen LogP contribution in [0.15, 0.2) is 0 Å². The smallest absolute Gasteiger partial charge is 0.239 e. The van der Waals surface area contributed by atoms with Gasteiger partial charge in [0.15, 0.2) is 0 Å². The topological polar surface area (TPSA) is 75.4 Å². The Kier molecular flexibility index (Phi) is 7.62. The van der Waals surface area contributed by atoms with Gasteiger partial charge in [0.25, 0.3) is 0 Å². The summed E-state index contributed by atoms with van der Waals surface area (Å²) in [6, 6.07) is 0. The number of likely N-dealkylation sites (N-methyl/N-ethyl adjacent to an activating group) is 2. The van der Waals surface area contributed by atoms with Crippen LogP contribution < -0.4 is 11.1 Å². The molecule has 5 nitrogen and oxygen atoms in total. The van der Waals surface area contributed by atoms with E-state index >= 15 is 0 Å². The fraction of sp³-hybridized carbons (Fsp3) is 0.800. The normalized spacial score (nSPS) is 9.80. The van der Waals surface area contributed by atoms with Gasteiger partial charge in [-0.05, 0) is 19.4 Å². The Bertz CT molecular complexity index is 207. The lowest BCUT2D eigenvalue weighted by atomic mass is 10.2. The average molecular weight is 215 g/mol. The first-order chi connectivity index (χ1) is 7.11. The van der Waals surface area contributed by atoms with Crippen LogP contribution in [0.1, 0.15) is 25.7 Å². The van der Waals surface area contributed by atoms with E-state index in [1.165, 1.54) is 4.90 Å². The summed E-state index contributed by atoms with van der Waals surface area (Å²) in [5.41, 5.74) is 5.34. The summed E-state index contributed by atoms with van der Waals surface area (Å²) in [5, 5.41) is 2.48. The highest BCUT2D eigenvalue weighted by atomic mass is 16.2. The molecule has 0 aromatic carbocycles. The molecule has 0 saturated heterocycles. The summed E-state index contributed by atoms with van der Waals surface area (Å²) in [7, 11) is 3.20. The lowest BCUT2D eigenvalue weighted by molar-refractivity contribution is -0.134. The minimum atomic E-state index is -0.146. The van der Waals surface area contributed by atoms with E-state index in [9.17, 15) is 9.59 Å². The molecule has 0 heterocycles. The van der Waals surface area contributed by atoms with E-state index in [1.54, 1.807) is 14.1 Å². The van der Waals surface area contributed by atoms with Crippen molar-refractivity contribution in [3.05, 3.63) is 0 Å². The number of hydrogen-bond donors (Lipinski definition) is 2. The van der Waals surface area contributed by atoms with Gasteiger partial charge in [-0.3, -0.25) is 9.59 Å². The number of nitrogens with zero attached hydrogens (tertiary/aromatic N) is 1. The molecule has 0 aromatic rings. The SMILES string of the molecule is CNC(=O)CN(C)C(=O)CCCCCN. The molecule has 0 radical (unpaired) electrons. The molecule has 15 heavy (non-hydrogen) atoms. The van der Waals surface area contributed by atoms with E-state index in [2.05, 4.69) is 5.32 Å². The average Bonchev–Trinajstić information content (AvgIpc) is 2.23. The zero-order valence-electron chi connectivity index (χ0n) is 9.58. The summed E-state index contributed by atoms with van der Waals surface area (Å²) >= 11 is 0. The largest absolute Gasteiger partial charge is 0.358 e. The zero-order chi connectivity index (χ0) is 11.7. The fourth-order valence-electron chi connectivity index (χ4n) is 1.17. The summed E-state index contributed by atoms with van der Waals surface area (Å²) in [6.45, 7) is 0.800. The lowest BCUT2D eigenvalue weighted by Gasteiger charge is -2.15. The number of nitrogens with two attached hydrogens (primary N) is 1. The Balaban J connectivity index is 3.64. The van der Waals surface area contributed by atoms with E-state index in [0.717, 1.165) is 19.3 Å². The maximum Gasteiger partial charge on any atom is 0.239 e. The predicted octanol–water partition coefficient (Wildman–Crippen LogP) is -0.290. The van der Waals surface area contributed by atoms with Crippen molar-refractivity contribution in [2.45, 2.75) is 25.7 Å². The van der Waals surface area contributed by atoms with Crippen LogP contribution in [0.5, 0.6) is 0 Å². The first-order valence-corrected chi connectivity index (χ1v) is 5.26. The van der Waals surface area contributed by atoms with Gasteiger partial charge in [-0.25, -0.2) is 0 Å². The van der Waals surface area contributed by atoms with Crippen molar-refractivity contribution < 1.29 is 9.59 Å². The Morgan fingerprint density at radius 2 is 1.93 bits per heavy atom. The summed E-state index contributed by atoms with van der Waals surface area (Å²) in [4.78, 5) is 23.9. The highest BCUT2D eigenvalue weighted by molar-refractivity contribution is 5.84. The van der Waals surface area contributed by atoms with Gasteiger partial charge in [-0.1, -0.05) is 6.42 Å². The van der Waals surface area contributed by atoms with Crippen molar-refractivity contribution in [2.75, 3.05) is 27.2 Å². The molecular weight excluding hydrogens is 194 g/mol. The van der Waals surface area contributed by atoms with Crippen LogP contribution in [0.4, 0.5) is 0 Å². The van der Waals surface area contributed by atoms with Gasteiger partial charge in [0, 0.05) is 20.5 Å². The molecule has 0 spiro atoms. The van der Waals surface area contributed by atoms with E-state index in [1.807, 2.05) is 0 Å². The minimum Gasteiger partial charge on any atom is -0.358 e. The number of unbranched alkanes of at least 4 members (excludes halogenated alkanes) is 2. The van der Waals surface area contributed by atoms with E-state index in [0.29, 0.717) is 13.0 Å². The Labute approximate surface area is 91.0 Å².